The molecule has 38 heavy (non-hydrogen) atoms. The normalized spacial score (nSPS) is 16.6. The van der Waals surface area contributed by atoms with Gasteiger partial charge >= 0.3 is 0 Å². The minimum Gasteiger partial charge on any atom is -0.507 e. The van der Waals surface area contributed by atoms with Gasteiger partial charge in [-0.25, -0.2) is 0 Å². The van der Waals surface area contributed by atoms with Crippen LogP contribution in [0.3, 0.4) is 0 Å². The van der Waals surface area contributed by atoms with Crippen molar-refractivity contribution >= 4 is 46.3 Å². The summed E-state index contributed by atoms with van der Waals surface area (Å²) in [5.41, 5.74) is 2.75. The van der Waals surface area contributed by atoms with Gasteiger partial charge in [0.2, 0.25) is 0 Å². The van der Waals surface area contributed by atoms with Crippen molar-refractivity contribution < 1.29 is 24.2 Å². The van der Waals surface area contributed by atoms with Gasteiger partial charge in [-0.05, 0) is 47.9 Å². The van der Waals surface area contributed by atoms with Gasteiger partial charge in [0.05, 0.1) is 36.4 Å². The molecule has 1 heterocycles. The first kappa shape index (κ1) is 27.4. The summed E-state index contributed by atoms with van der Waals surface area (Å²) in [4.78, 5) is 30.2. The zero-order valence-electron chi connectivity index (χ0n) is 21.5. The molecular weight excluding hydrogens is 527 g/mol. The van der Waals surface area contributed by atoms with Crippen LogP contribution in [0.2, 0.25) is 10.0 Å². The van der Waals surface area contributed by atoms with E-state index in [9.17, 15) is 14.7 Å². The van der Waals surface area contributed by atoms with Gasteiger partial charge in [0.15, 0.2) is 0 Å². The van der Waals surface area contributed by atoms with Gasteiger partial charge in [0, 0.05) is 37.4 Å². The number of ketones is 1. The van der Waals surface area contributed by atoms with Crippen molar-refractivity contribution in [1.82, 2.24) is 4.90 Å². The van der Waals surface area contributed by atoms with Crippen molar-refractivity contribution in [3.05, 3.63) is 93.0 Å². The fourth-order valence-electron chi connectivity index (χ4n) is 4.50. The molecule has 198 valence electrons. The molecule has 1 fully saturated rings. The van der Waals surface area contributed by atoms with Crippen LogP contribution in [0, 0.1) is 0 Å². The highest BCUT2D eigenvalue weighted by atomic mass is 35.5. The molecule has 1 unspecified atom stereocenters. The second kappa shape index (κ2) is 11.4. The minimum atomic E-state index is -0.816. The molecule has 0 radical (unpaired) electrons. The Morgan fingerprint density at radius 1 is 0.947 bits per heavy atom. The largest absolute Gasteiger partial charge is 0.507 e. The number of aliphatic hydroxyl groups is 1. The number of nitrogens with zero attached hydrogens (tertiary/aromatic N) is 2. The van der Waals surface area contributed by atoms with Gasteiger partial charge in [-0.2, -0.15) is 0 Å². The first-order chi connectivity index (χ1) is 18.2. The highest BCUT2D eigenvalue weighted by molar-refractivity contribution is 6.46. The number of amides is 1. The third-order valence-electron chi connectivity index (χ3n) is 6.55. The van der Waals surface area contributed by atoms with Gasteiger partial charge < -0.3 is 24.4 Å². The van der Waals surface area contributed by atoms with Crippen molar-refractivity contribution in [2.75, 3.05) is 39.8 Å². The number of carbonyl (C=O) groups excluding carboxylic acids is 2. The van der Waals surface area contributed by atoms with Crippen molar-refractivity contribution in [3.8, 4) is 11.5 Å². The molecule has 0 aromatic heterocycles. The predicted molar refractivity (Wildman–Crippen MR) is 149 cm³/mol. The molecule has 1 N–H and O–H groups in total. The highest BCUT2D eigenvalue weighted by Crippen LogP contribution is 2.43. The summed E-state index contributed by atoms with van der Waals surface area (Å²) in [5, 5.41) is 12.3. The lowest BCUT2D eigenvalue weighted by Gasteiger charge is -2.26. The lowest BCUT2D eigenvalue weighted by molar-refractivity contribution is -0.139. The van der Waals surface area contributed by atoms with E-state index in [-0.39, 0.29) is 34.2 Å². The lowest BCUT2D eigenvalue weighted by Crippen LogP contribution is -2.31. The van der Waals surface area contributed by atoms with E-state index in [0.717, 1.165) is 11.3 Å². The van der Waals surface area contributed by atoms with Crippen LogP contribution in [0.5, 0.6) is 11.5 Å². The van der Waals surface area contributed by atoms with E-state index in [1.165, 1.54) is 31.3 Å². The molecule has 1 atom stereocenters. The average Bonchev–Trinajstić information content (AvgIpc) is 3.17. The van der Waals surface area contributed by atoms with E-state index in [2.05, 4.69) is 0 Å². The van der Waals surface area contributed by atoms with E-state index in [4.69, 9.17) is 32.7 Å². The first-order valence-electron chi connectivity index (χ1n) is 11.9. The van der Waals surface area contributed by atoms with Gasteiger partial charge in [-0.1, -0.05) is 47.5 Å². The van der Waals surface area contributed by atoms with Crippen LogP contribution >= 0.6 is 23.2 Å². The van der Waals surface area contributed by atoms with Crippen LogP contribution < -0.4 is 14.4 Å². The number of halogens is 2. The molecular formula is C29H28Cl2N2O5. The highest BCUT2D eigenvalue weighted by Gasteiger charge is 2.46. The Morgan fingerprint density at radius 2 is 1.58 bits per heavy atom. The summed E-state index contributed by atoms with van der Waals surface area (Å²) in [5.74, 6) is -1.26. The quantitative estimate of drug-likeness (QED) is 0.217. The smallest absolute Gasteiger partial charge is 0.295 e. The standard InChI is InChI=1S/C29H28Cl2N2O5/c1-32(2)20-11-7-18(8-12-20)26-25(27(34)21-15-22(31)24(38-4)16-23(21)37-3)28(35)29(36)33(26)14-13-17-5-9-19(30)10-6-17/h5-12,15-16,26,34H,13-14H2,1-4H3/b27-25+. The summed E-state index contributed by atoms with van der Waals surface area (Å²) in [6.07, 6.45) is 0.494. The fraction of sp³-hybridized carbons (Fsp3) is 0.241. The average molecular weight is 555 g/mol. The van der Waals surface area contributed by atoms with Crippen LogP contribution in [0.15, 0.2) is 66.2 Å². The molecule has 0 bridgehead atoms. The Balaban J connectivity index is 1.84. The molecule has 7 nitrogen and oxygen atoms in total. The molecule has 1 aliphatic heterocycles. The zero-order valence-corrected chi connectivity index (χ0v) is 23.0. The number of anilines is 1. The fourth-order valence-corrected chi connectivity index (χ4v) is 4.87. The van der Waals surface area contributed by atoms with Gasteiger partial charge in [-0.15, -0.1) is 0 Å². The number of likely N-dealkylation sites (tertiary alicyclic amines) is 1. The predicted octanol–water partition coefficient (Wildman–Crippen LogP) is 5.74. The Labute approximate surface area is 231 Å². The monoisotopic (exact) mass is 554 g/mol. The van der Waals surface area contributed by atoms with Crippen LogP contribution in [0.1, 0.15) is 22.7 Å². The minimum absolute atomic E-state index is 0.0387. The number of carbonyl (C=O) groups is 2. The number of ether oxygens (including phenoxy) is 2. The maximum absolute atomic E-state index is 13.4. The number of hydrogen-bond donors (Lipinski definition) is 1. The number of aliphatic hydroxyl groups excluding tert-OH is 1. The van der Waals surface area contributed by atoms with Gasteiger partial charge in [-0.3, -0.25) is 9.59 Å². The Bertz CT molecular complexity index is 1390. The maximum Gasteiger partial charge on any atom is 0.295 e. The molecule has 0 saturated carbocycles. The summed E-state index contributed by atoms with van der Waals surface area (Å²) in [7, 11) is 6.74. The second-order valence-corrected chi connectivity index (χ2v) is 9.89. The van der Waals surface area contributed by atoms with Crippen molar-refractivity contribution in [2.45, 2.75) is 12.5 Å². The molecule has 1 saturated heterocycles. The number of Topliss-reactive ketones (excluding diaryl/α,β-unsaturated/α-hetero) is 1. The van der Waals surface area contributed by atoms with E-state index in [1.807, 2.05) is 55.4 Å². The molecule has 3 aromatic rings. The number of methoxy groups -OCH3 is 2. The molecule has 0 spiro atoms. The van der Waals surface area contributed by atoms with E-state index in [0.29, 0.717) is 22.8 Å². The number of hydrogen-bond acceptors (Lipinski definition) is 6. The van der Waals surface area contributed by atoms with Crippen LogP contribution in [0.25, 0.3) is 5.76 Å². The summed E-state index contributed by atoms with van der Waals surface area (Å²) in [6, 6.07) is 17.0. The Hall–Kier alpha value is -3.68. The van der Waals surface area contributed by atoms with Crippen molar-refractivity contribution in [3.63, 3.8) is 0 Å². The Kier molecular flexibility index (Phi) is 8.19. The first-order valence-corrected chi connectivity index (χ1v) is 12.6. The van der Waals surface area contributed by atoms with Crippen molar-refractivity contribution in [1.29, 1.82) is 0 Å². The SMILES string of the molecule is COc1cc(OC)c(/C(O)=C2\C(=O)C(=O)N(CCc3ccc(Cl)cc3)C2c2ccc(N(C)C)cc2)cc1Cl. The second-order valence-electron chi connectivity index (χ2n) is 9.04. The zero-order chi connectivity index (χ0) is 27.6. The molecule has 1 aliphatic rings. The third kappa shape index (κ3) is 5.30. The molecule has 3 aromatic carbocycles. The molecule has 9 heteroatoms. The maximum atomic E-state index is 13.4. The summed E-state index contributed by atoms with van der Waals surface area (Å²) in [6.45, 7) is 0.254. The van der Waals surface area contributed by atoms with E-state index in [1.54, 1.807) is 12.1 Å². The Morgan fingerprint density at radius 3 is 2.16 bits per heavy atom. The van der Waals surface area contributed by atoms with Gasteiger partial charge in [0.25, 0.3) is 11.7 Å². The topological polar surface area (TPSA) is 79.3 Å². The molecule has 1 amide bonds. The summed E-state index contributed by atoms with van der Waals surface area (Å²) >= 11 is 12.4. The van der Waals surface area contributed by atoms with Gasteiger partial charge in [0.1, 0.15) is 17.3 Å². The number of benzene rings is 3. The van der Waals surface area contributed by atoms with Crippen LogP contribution in [-0.2, 0) is 16.0 Å². The lowest BCUT2D eigenvalue weighted by atomic mass is 9.94. The number of rotatable bonds is 8. The molecule has 4 rings (SSSR count). The summed E-state index contributed by atoms with van der Waals surface area (Å²) < 4.78 is 10.7. The molecule has 0 aliphatic carbocycles. The van der Waals surface area contributed by atoms with Crippen LogP contribution in [-0.4, -0.2) is 56.6 Å². The van der Waals surface area contributed by atoms with E-state index < -0.39 is 17.7 Å². The van der Waals surface area contributed by atoms with Crippen LogP contribution in [0.4, 0.5) is 5.69 Å². The third-order valence-corrected chi connectivity index (χ3v) is 7.10. The van der Waals surface area contributed by atoms with E-state index >= 15 is 0 Å². The van der Waals surface area contributed by atoms with Crippen molar-refractivity contribution in [2.24, 2.45) is 0 Å².